The van der Waals surface area contributed by atoms with Crippen LogP contribution in [0.5, 0.6) is 0 Å². The molecule has 0 aromatic carbocycles. The summed E-state index contributed by atoms with van der Waals surface area (Å²) in [5.74, 6) is 2.26. The van der Waals surface area contributed by atoms with Crippen LogP contribution in [-0.2, 0) is 6.54 Å². The quantitative estimate of drug-likeness (QED) is 0.694. The van der Waals surface area contributed by atoms with Gasteiger partial charge in [0.05, 0.1) is 12.2 Å². The number of rotatable bonds is 3. The molecule has 1 fully saturated rings. The van der Waals surface area contributed by atoms with Gasteiger partial charge < -0.3 is 10.6 Å². The third-order valence-electron chi connectivity index (χ3n) is 4.57. The number of aliphatic imine (C=N–C) groups is 1. The molecule has 2 aromatic rings. The van der Waals surface area contributed by atoms with Crippen LogP contribution in [0.3, 0.4) is 0 Å². The fourth-order valence-corrected chi connectivity index (χ4v) is 3.01. The first-order valence-electron chi connectivity index (χ1n) is 8.56. The fraction of sp³-hybridized carbons (Fsp3) is 0.500. The summed E-state index contributed by atoms with van der Waals surface area (Å²) in [6.45, 7) is 8.87. The Morgan fingerprint density at radius 1 is 1.29 bits per heavy atom. The van der Waals surface area contributed by atoms with Gasteiger partial charge >= 0.3 is 0 Å². The number of aromatic nitrogens is 3. The van der Waals surface area contributed by atoms with E-state index in [4.69, 9.17) is 5.73 Å². The lowest BCUT2D eigenvalue weighted by molar-refractivity contribution is 0.277. The summed E-state index contributed by atoms with van der Waals surface area (Å²) < 4.78 is 1.85. The normalized spacial score (nSPS) is 16.6. The van der Waals surface area contributed by atoms with E-state index >= 15 is 0 Å². The zero-order valence-corrected chi connectivity index (χ0v) is 14.7. The molecule has 0 radical (unpaired) electrons. The Labute approximate surface area is 143 Å². The molecule has 128 valence electrons. The lowest BCUT2D eigenvalue weighted by Crippen LogP contribution is -2.42. The van der Waals surface area contributed by atoms with Gasteiger partial charge in [-0.05, 0) is 50.3 Å². The molecule has 0 unspecified atom stereocenters. The maximum atomic E-state index is 6.13. The van der Waals surface area contributed by atoms with Crippen molar-refractivity contribution in [3.8, 4) is 5.82 Å². The van der Waals surface area contributed by atoms with Crippen LogP contribution in [-0.4, -0.2) is 38.7 Å². The Bertz CT molecular complexity index is 708. The van der Waals surface area contributed by atoms with Crippen molar-refractivity contribution in [3.05, 3.63) is 41.3 Å². The minimum Gasteiger partial charge on any atom is -0.370 e. The van der Waals surface area contributed by atoms with Gasteiger partial charge in [-0.2, -0.15) is 5.10 Å². The lowest BCUT2D eigenvalue weighted by atomic mass is 10.00. The topological polar surface area (TPSA) is 72.3 Å². The van der Waals surface area contributed by atoms with E-state index in [0.29, 0.717) is 12.5 Å². The molecule has 0 atom stereocenters. The smallest absolute Gasteiger partial charge is 0.191 e. The van der Waals surface area contributed by atoms with Crippen LogP contribution < -0.4 is 5.73 Å². The zero-order chi connectivity index (χ0) is 17.1. The van der Waals surface area contributed by atoms with Crippen LogP contribution in [0.25, 0.3) is 5.82 Å². The van der Waals surface area contributed by atoms with E-state index in [2.05, 4.69) is 26.9 Å². The molecule has 2 N–H and O–H groups in total. The number of pyridine rings is 1. The maximum absolute atomic E-state index is 6.13. The second kappa shape index (κ2) is 7.03. The molecule has 3 rings (SSSR count). The first-order valence-corrected chi connectivity index (χ1v) is 8.56. The summed E-state index contributed by atoms with van der Waals surface area (Å²) in [6, 6.07) is 6.05. The number of likely N-dealkylation sites (tertiary alicyclic amines) is 1. The van der Waals surface area contributed by atoms with E-state index in [9.17, 15) is 0 Å². The average molecular weight is 326 g/mol. The van der Waals surface area contributed by atoms with Crippen molar-refractivity contribution in [3.63, 3.8) is 0 Å². The van der Waals surface area contributed by atoms with Crippen LogP contribution in [0.15, 0.2) is 29.4 Å². The Balaban J connectivity index is 1.64. The van der Waals surface area contributed by atoms with Crippen molar-refractivity contribution in [2.45, 2.75) is 40.2 Å². The Hall–Kier alpha value is -2.37. The van der Waals surface area contributed by atoms with E-state index in [1.807, 2.05) is 42.9 Å². The third kappa shape index (κ3) is 3.75. The van der Waals surface area contributed by atoms with Crippen molar-refractivity contribution in [2.75, 3.05) is 13.1 Å². The van der Waals surface area contributed by atoms with E-state index in [1.165, 1.54) is 12.8 Å². The number of aryl methyl sites for hydroxylation is 2. The third-order valence-corrected chi connectivity index (χ3v) is 4.57. The molecule has 24 heavy (non-hydrogen) atoms. The lowest BCUT2D eigenvalue weighted by Gasteiger charge is -2.31. The molecular weight excluding hydrogens is 300 g/mol. The molecule has 0 amide bonds. The maximum Gasteiger partial charge on any atom is 0.191 e. The predicted octanol–water partition coefficient (Wildman–Crippen LogP) is 2.43. The SMILES string of the molecule is Cc1cc(C)n(-c2ccc(CN=C(N)N3CCC(C)CC3)cn2)n1. The number of hydrogen-bond donors (Lipinski definition) is 1. The Kier molecular flexibility index (Phi) is 4.83. The summed E-state index contributed by atoms with van der Waals surface area (Å²) in [4.78, 5) is 11.2. The second-order valence-electron chi connectivity index (χ2n) is 6.71. The Morgan fingerprint density at radius 2 is 2.04 bits per heavy atom. The monoisotopic (exact) mass is 326 g/mol. The van der Waals surface area contributed by atoms with Gasteiger partial charge in [0.25, 0.3) is 0 Å². The highest BCUT2D eigenvalue weighted by Crippen LogP contribution is 2.16. The molecule has 2 aromatic heterocycles. The molecule has 0 bridgehead atoms. The van der Waals surface area contributed by atoms with Gasteiger partial charge in [0.15, 0.2) is 11.8 Å². The van der Waals surface area contributed by atoms with Gasteiger partial charge in [-0.25, -0.2) is 14.7 Å². The van der Waals surface area contributed by atoms with E-state index in [0.717, 1.165) is 41.8 Å². The van der Waals surface area contributed by atoms with Crippen LogP contribution in [0.4, 0.5) is 0 Å². The summed E-state index contributed by atoms with van der Waals surface area (Å²) in [5.41, 5.74) is 9.25. The van der Waals surface area contributed by atoms with Gasteiger partial charge in [0, 0.05) is 25.0 Å². The van der Waals surface area contributed by atoms with Gasteiger partial charge in [-0.1, -0.05) is 13.0 Å². The van der Waals surface area contributed by atoms with E-state index in [-0.39, 0.29) is 0 Å². The highest BCUT2D eigenvalue weighted by molar-refractivity contribution is 5.78. The minimum atomic E-state index is 0.558. The van der Waals surface area contributed by atoms with Gasteiger partial charge in [0.2, 0.25) is 0 Å². The zero-order valence-electron chi connectivity index (χ0n) is 14.7. The number of piperidine rings is 1. The van der Waals surface area contributed by atoms with Crippen LogP contribution >= 0.6 is 0 Å². The van der Waals surface area contributed by atoms with Crippen molar-refractivity contribution < 1.29 is 0 Å². The number of nitrogens with two attached hydrogens (primary N) is 1. The van der Waals surface area contributed by atoms with Gasteiger partial charge in [-0.15, -0.1) is 0 Å². The van der Waals surface area contributed by atoms with Crippen molar-refractivity contribution in [1.82, 2.24) is 19.7 Å². The van der Waals surface area contributed by atoms with Gasteiger partial charge in [0.1, 0.15) is 0 Å². The van der Waals surface area contributed by atoms with Crippen LogP contribution in [0.2, 0.25) is 0 Å². The highest BCUT2D eigenvalue weighted by Gasteiger charge is 2.16. The summed E-state index contributed by atoms with van der Waals surface area (Å²) >= 11 is 0. The highest BCUT2D eigenvalue weighted by atomic mass is 15.3. The standard InChI is InChI=1S/C18H26N6/c1-13-6-8-23(9-7-13)18(19)21-12-16-4-5-17(20-11-16)24-15(3)10-14(2)22-24/h4-5,10-11,13H,6-9,12H2,1-3H3,(H2,19,21). The van der Waals surface area contributed by atoms with E-state index in [1.54, 1.807) is 0 Å². The first-order chi connectivity index (χ1) is 11.5. The second-order valence-corrected chi connectivity index (χ2v) is 6.71. The largest absolute Gasteiger partial charge is 0.370 e. The first kappa shape index (κ1) is 16.5. The molecular formula is C18H26N6. The number of nitrogens with zero attached hydrogens (tertiary/aromatic N) is 5. The van der Waals surface area contributed by atoms with Crippen molar-refractivity contribution in [1.29, 1.82) is 0 Å². The van der Waals surface area contributed by atoms with Crippen LogP contribution in [0, 0.1) is 19.8 Å². The summed E-state index contributed by atoms with van der Waals surface area (Å²) in [6.07, 6.45) is 4.23. The summed E-state index contributed by atoms with van der Waals surface area (Å²) in [5, 5.41) is 4.45. The molecule has 0 saturated carbocycles. The van der Waals surface area contributed by atoms with Crippen LogP contribution in [0.1, 0.15) is 36.7 Å². The molecule has 6 heteroatoms. The number of hydrogen-bond acceptors (Lipinski definition) is 3. The molecule has 0 aliphatic carbocycles. The molecule has 1 aliphatic rings. The molecule has 0 spiro atoms. The number of guanidine groups is 1. The van der Waals surface area contributed by atoms with Gasteiger partial charge in [-0.3, -0.25) is 0 Å². The van der Waals surface area contributed by atoms with Crippen molar-refractivity contribution >= 4 is 5.96 Å². The Morgan fingerprint density at radius 3 is 2.62 bits per heavy atom. The minimum absolute atomic E-state index is 0.558. The van der Waals surface area contributed by atoms with Crippen molar-refractivity contribution in [2.24, 2.45) is 16.6 Å². The average Bonchev–Trinajstić information content (AvgIpc) is 2.92. The predicted molar refractivity (Wildman–Crippen MR) is 96.1 cm³/mol. The molecule has 1 aliphatic heterocycles. The van der Waals surface area contributed by atoms with E-state index < -0.39 is 0 Å². The molecule has 1 saturated heterocycles. The summed E-state index contributed by atoms with van der Waals surface area (Å²) in [7, 11) is 0. The molecule has 3 heterocycles. The molecule has 6 nitrogen and oxygen atoms in total. The fourth-order valence-electron chi connectivity index (χ4n) is 3.01.